The Morgan fingerprint density at radius 1 is 1.25 bits per heavy atom. The second kappa shape index (κ2) is 6.32. The molecule has 24 heavy (non-hydrogen) atoms. The maximum absolute atomic E-state index is 12.4. The molecule has 1 saturated heterocycles. The van der Waals surface area contributed by atoms with E-state index in [0.717, 1.165) is 27.8 Å². The average molecular weight is 344 g/mol. The van der Waals surface area contributed by atoms with Crippen LogP contribution in [-0.2, 0) is 11.3 Å². The van der Waals surface area contributed by atoms with Crippen molar-refractivity contribution in [2.24, 2.45) is 0 Å². The summed E-state index contributed by atoms with van der Waals surface area (Å²) in [5, 5.41) is 10.2. The molecule has 0 spiro atoms. The van der Waals surface area contributed by atoms with E-state index >= 15 is 0 Å². The monoisotopic (exact) mass is 344 g/mol. The molecule has 2 aromatic rings. The van der Waals surface area contributed by atoms with Crippen molar-refractivity contribution >= 4 is 34.9 Å². The standard InChI is InChI=1S/C16H12N2O5S/c1-10-4-2-3-5-11(10)9-17-15(19)13(24-16(17)20)8-12-6-7-14(23-12)18(21)22/h2-8H,9H2,1H3/b13-8-. The Hall–Kier alpha value is -2.87. The molecule has 0 bridgehead atoms. The number of benzene rings is 1. The van der Waals surface area contributed by atoms with Crippen molar-refractivity contribution in [2.45, 2.75) is 13.5 Å². The van der Waals surface area contributed by atoms with E-state index in [1.807, 2.05) is 31.2 Å². The third-order valence-corrected chi connectivity index (χ3v) is 4.44. The highest BCUT2D eigenvalue weighted by atomic mass is 32.2. The van der Waals surface area contributed by atoms with Gasteiger partial charge in [0.2, 0.25) is 0 Å². The fourth-order valence-electron chi connectivity index (χ4n) is 2.24. The SMILES string of the molecule is Cc1ccccc1CN1C(=O)S/C(=C\c2ccc([N+](=O)[O-])o2)C1=O. The summed E-state index contributed by atoms with van der Waals surface area (Å²) in [5.41, 5.74) is 1.87. The van der Waals surface area contributed by atoms with Crippen molar-refractivity contribution in [1.29, 1.82) is 0 Å². The van der Waals surface area contributed by atoms with Gasteiger partial charge in [-0.2, -0.15) is 0 Å². The van der Waals surface area contributed by atoms with Crippen LogP contribution < -0.4 is 0 Å². The molecule has 0 N–H and O–H groups in total. The predicted octanol–water partition coefficient (Wildman–Crippen LogP) is 3.73. The second-order valence-electron chi connectivity index (χ2n) is 5.13. The van der Waals surface area contributed by atoms with Crippen LogP contribution in [0.3, 0.4) is 0 Å². The largest absolute Gasteiger partial charge is 0.433 e. The fraction of sp³-hybridized carbons (Fsp3) is 0.125. The lowest BCUT2D eigenvalue weighted by molar-refractivity contribution is -0.402. The summed E-state index contributed by atoms with van der Waals surface area (Å²) in [4.78, 5) is 35.8. The van der Waals surface area contributed by atoms with Crippen LogP contribution in [0, 0.1) is 17.0 Å². The first-order valence-electron chi connectivity index (χ1n) is 7.00. The number of furan rings is 1. The van der Waals surface area contributed by atoms with Gasteiger partial charge in [0.05, 0.1) is 17.5 Å². The molecule has 8 heteroatoms. The maximum atomic E-state index is 12.4. The van der Waals surface area contributed by atoms with Gasteiger partial charge in [0.15, 0.2) is 0 Å². The lowest BCUT2D eigenvalue weighted by atomic mass is 10.1. The Morgan fingerprint density at radius 2 is 2.00 bits per heavy atom. The molecule has 0 atom stereocenters. The average Bonchev–Trinajstić information content (AvgIpc) is 3.10. The molecule has 3 rings (SSSR count). The lowest BCUT2D eigenvalue weighted by Gasteiger charge is -2.14. The number of aryl methyl sites for hydroxylation is 1. The smallest absolute Gasteiger partial charge is 0.401 e. The summed E-state index contributed by atoms with van der Waals surface area (Å²) in [6, 6.07) is 10.1. The zero-order valence-corrected chi connectivity index (χ0v) is 13.4. The van der Waals surface area contributed by atoms with Crippen molar-refractivity contribution in [2.75, 3.05) is 0 Å². The quantitative estimate of drug-likeness (QED) is 0.476. The van der Waals surface area contributed by atoms with Gasteiger partial charge in [-0.1, -0.05) is 24.3 Å². The third kappa shape index (κ3) is 3.09. The molecule has 2 amide bonds. The summed E-state index contributed by atoms with van der Waals surface area (Å²) in [5.74, 6) is -0.698. The number of imide groups is 1. The van der Waals surface area contributed by atoms with E-state index in [4.69, 9.17) is 4.42 Å². The topological polar surface area (TPSA) is 93.7 Å². The minimum absolute atomic E-state index is 0.156. The Morgan fingerprint density at radius 3 is 2.67 bits per heavy atom. The lowest BCUT2D eigenvalue weighted by Crippen LogP contribution is -2.27. The number of carbonyl (C=O) groups is 2. The number of hydrogen-bond acceptors (Lipinski definition) is 6. The molecular formula is C16H12N2O5S. The van der Waals surface area contributed by atoms with Gasteiger partial charge in [-0.3, -0.25) is 24.6 Å². The molecule has 0 radical (unpaired) electrons. The molecule has 7 nitrogen and oxygen atoms in total. The molecule has 1 aliphatic heterocycles. The molecule has 0 aliphatic carbocycles. The van der Waals surface area contributed by atoms with Crippen LogP contribution in [0.2, 0.25) is 0 Å². The van der Waals surface area contributed by atoms with Gasteiger partial charge in [0.1, 0.15) is 10.7 Å². The third-order valence-electron chi connectivity index (χ3n) is 3.53. The first kappa shape index (κ1) is 16.0. The Bertz CT molecular complexity index is 871. The normalized spacial score (nSPS) is 16.2. The van der Waals surface area contributed by atoms with Crippen LogP contribution in [0.25, 0.3) is 6.08 Å². The molecule has 0 unspecified atom stereocenters. The van der Waals surface area contributed by atoms with E-state index in [1.165, 1.54) is 18.2 Å². The number of amides is 2. The zero-order chi connectivity index (χ0) is 17.3. The summed E-state index contributed by atoms with van der Waals surface area (Å²) in [7, 11) is 0. The van der Waals surface area contributed by atoms with E-state index in [0.29, 0.717) is 0 Å². The van der Waals surface area contributed by atoms with Gasteiger partial charge in [-0.25, -0.2) is 0 Å². The molecule has 1 fully saturated rings. The summed E-state index contributed by atoms with van der Waals surface area (Å²) in [6.07, 6.45) is 1.34. The number of rotatable bonds is 4. The van der Waals surface area contributed by atoms with Gasteiger partial charge in [0, 0.05) is 6.08 Å². The molecule has 0 saturated carbocycles. The Balaban J connectivity index is 1.82. The summed E-state index contributed by atoms with van der Waals surface area (Å²) >= 11 is 0.788. The van der Waals surface area contributed by atoms with Crippen LogP contribution in [-0.4, -0.2) is 21.0 Å². The van der Waals surface area contributed by atoms with Crippen molar-refractivity contribution < 1.29 is 18.9 Å². The molecular weight excluding hydrogens is 332 g/mol. The molecule has 122 valence electrons. The van der Waals surface area contributed by atoms with Crippen molar-refractivity contribution in [3.8, 4) is 0 Å². The predicted molar refractivity (Wildman–Crippen MR) is 88.1 cm³/mol. The first-order valence-corrected chi connectivity index (χ1v) is 7.81. The van der Waals surface area contributed by atoms with E-state index in [2.05, 4.69) is 0 Å². The molecule has 1 aromatic heterocycles. The minimum atomic E-state index is -0.665. The van der Waals surface area contributed by atoms with E-state index in [-0.39, 0.29) is 22.4 Å². The molecule has 1 aliphatic rings. The Labute approximate surface area is 141 Å². The van der Waals surface area contributed by atoms with Crippen molar-refractivity contribution in [3.05, 3.63) is 68.3 Å². The highest BCUT2D eigenvalue weighted by molar-refractivity contribution is 8.18. The number of nitro groups is 1. The minimum Gasteiger partial charge on any atom is -0.401 e. The molecule has 1 aromatic carbocycles. The Kier molecular flexibility index (Phi) is 4.22. The van der Waals surface area contributed by atoms with Crippen LogP contribution in [0.4, 0.5) is 10.7 Å². The van der Waals surface area contributed by atoms with E-state index in [1.54, 1.807) is 0 Å². The summed E-state index contributed by atoms with van der Waals surface area (Å²) < 4.78 is 4.99. The van der Waals surface area contributed by atoms with Crippen LogP contribution >= 0.6 is 11.8 Å². The highest BCUT2D eigenvalue weighted by Gasteiger charge is 2.35. The van der Waals surface area contributed by atoms with Crippen LogP contribution in [0.1, 0.15) is 16.9 Å². The van der Waals surface area contributed by atoms with Gasteiger partial charge in [-0.05, 0) is 35.9 Å². The maximum Gasteiger partial charge on any atom is 0.433 e. The molecule has 2 heterocycles. The first-order chi connectivity index (χ1) is 11.5. The highest BCUT2D eigenvalue weighted by Crippen LogP contribution is 2.34. The van der Waals surface area contributed by atoms with E-state index in [9.17, 15) is 19.7 Å². The van der Waals surface area contributed by atoms with Crippen LogP contribution in [0.15, 0.2) is 45.7 Å². The van der Waals surface area contributed by atoms with Crippen molar-refractivity contribution in [3.63, 3.8) is 0 Å². The second-order valence-corrected chi connectivity index (χ2v) is 6.12. The van der Waals surface area contributed by atoms with E-state index < -0.39 is 16.7 Å². The number of thioether (sulfide) groups is 1. The zero-order valence-electron chi connectivity index (χ0n) is 12.6. The van der Waals surface area contributed by atoms with Gasteiger partial charge in [0.25, 0.3) is 11.1 Å². The van der Waals surface area contributed by atoms with Crippen molar-refractivity contribution in [1.82, 2.24) is 4.90 Å². The van der Waals surface area contributed by atoms with Gasteiger partial charge in [-0.15, -0.1) is 0 Å². The number of carbonyl (C=O) groups excluding carboxylic acids is 2. The number of nitrogens with zero attached hydrogens (tertiary/aromatic N) is 2. The van der Waals surface area contributed by atoms with Gasteiger partial charge >= 0.3 is 5.88 Å². The van der Waals surface area contributed by atoms with Crippen LogP contribution in [0.5, 0.6) is 0 Å². The van der Waals surface area contributed by atoms with Gasteiger partial charge < -0.3 is 4.42 Å². The summed E-state index contributed by atoms with van der Waals surface area (Å²) in [6.45, 7) is 2.10. The number of hydrogen-bond donors (Lipinski definition) is 0. The fourth-order valence-corrected chi connectivity index (χ4v) is 3.06.